The van der Waals surface area contributed by atoms with E-state index in [1.165, 1.54) is 43.6 Å². The summed E-state index contributed by atoms with van der Waals surface area (Å²) in [6.07, 6.45) is 8.13. The van der Waals surface area contributed by atoms with Gasteiger partial charge in [-0.2, -0.15) is 0 Å². The zero-order valence-corrected chi connectivity index (χ0v) is 13.4. The van der Waals surface area contributed by atoms with E-state index in [9.17, 15) is 0 Å². The topological polar surface area (TPSA) is 29.0 Å². The van der Waals surface area contributed by atoms with Crippen LogP contribution in [0.5, 0.6) is 0 Å². The summed E-state index contributed by atoms with van der Waals surface area (Å²) >= 11 is 0. The van der Waals surface area contributed by atoms with Crippen molar-refractivity contribution in [1.82, 2.24) is 14.9 Å². The van der Waals surface area contributed by atoms with E-state index in [1.807, 2.05) is 12.3 Å². The fourth-order valence-corrected chi connectivity index (χ4v) is 3.35. The quantitative estimate of drug-likeness (QED) is 0.840. The van der Waals surface area contributed by atoms with Gasteiger partial charge in [0.1, 0.15) is 0 Å². The molecule has 0 saturated carbocycles. The molecule has 2 aromatic rings. The minimum atomic E-state index is 0.665. The molecule has 0 unspecified atom stereocenters. The van der Waals surface area contributed by atoms with Crippen LogP contribution >= 0.6 is 0 Å². The lowest BCUT2D eigenvalue weighted by atomic mass is 9.97. The van der Waals surface area contributed by atoms with Gasteiger partial charge in [-0.25, -0.2) is 0 Å². The number of nitrogens with zero attached hydrogens (tertiary/aromatic N) is 3. The summed E-state index contributed by atoms with van der Waals surface area (Å²) in [5.74, 6) is 0. The fraction of sp³-hybridized carbons (Fsp3) is 0.474. The standard InChI is InChI=1S/C19H25N3/c1-16-7-6-9-18(21-16)15-22-14-5-3-10-19(22)12-11-17-8-2-4-13-20-17/h2,4,6-9,13,19H,3,5,10-12,14-15H2,1H3/t19-/m1/s1. The van der Waals surface area contributed by atoms with Gasteiger partial charge in [0.2, 0.25) is 0 Å². The Morgan fingerprint density at radius 2 is 2.00 bits per heavy atom. The molecule has 22 heavy (non-hydrogen) atoms. The third-order valence-electron chi connectivity index (χ3n) is 4.52. The number of aromatic nitrogens is 2. The van der Waals surface area contributed by atoms with Gasteiger partial charge in [-0.1, -0.05) is 18.6 Å². The van der Waals surface area contributed by atoms with Gasteiger partial charge < -0.3 is 0 Å². The Morgan fingerprint density at radius 3 is 2.82 bits per heavy atom. The lowest BCUT2D eigenvalue weighted by Gasteiger charge is -2.35. The maximum absolute atomic E-state index is 4.67. The molecule has 3 nitrogen and oxygen atoms in total. The fourth-order valence-electron chi connectivity index (χ4n) is 3.35. The number of hydrogen-bond donors (Lipinski definition) is 0. The Morgan fingerprint density at radius 1 is 1.09 bits per heavy atom. The highest BCUT2D eigenvalue weighted by molar-refractivity contribution is 5.10. The van der Waals surface area contributed by atoms with E-state index in [4.69, 9.17) is 0 Å². The van der Waals surface area contributed by atoms with Gasteiger partial charge >= 0.3 is 0 Å². The molecule has 3 heteroatoms. The zero-order valence-electron chi connectivity index (χ0n) is 13.4. The van der Waals surface area contributed by atoms with E-state index < -0.39 is 0 Å². The monoisotopic (exact) mass is 295 g/mol. The number of hydrogen-bond acceptors (Lipinski definition) is 3. The summed E-state index contributed by atoms with van der Waals surface area (Å²) in [7, 11) is 0. The van der Waals surface area contributed by atoms with Crippen LogP contribution in [0.4, 0.5) is 0 Å². The summed E-state index contributed by atoms with van der Waals surface area (Å²) in [4.78, 5) is 11.7. The molecule has 3 rings (SSSR count). The Balaban J connectivity index is 1.61. The summed E-state index contributed by atoms with van der Waals surface area (Å²) in [6, 6.07) is 13.2. The van der Waals surface area contributed by atoms with Gasteiger partial charge in [0, 0.05) is 30.2 Å². The van der Waals surface area contributed by atoms with E-state index in [1.54, 1.807) is 0 Å². The molecule has 1 saturated heterocycles. The predicted octanol–water partition coefficient (Wildman–Crippen LogP) is 3.77. The first-order valence-electron chi connectivity index (χ1n) is 8.38. The summed E-state index contributed by atoms with van der Waals surface area (Å²) in [5, 5.41) is 0. The van der Waals surface area contributed by atoms with Crippen molar-refractivity contribution in [1.29, 1.82) is 0 Å². The van der Waals surface area contributed by atoms with Crippen molar-refractivity contribution in [3.05, 3.63) is 59.7 Å². The molecule has 1 atom stereocenters. The van der Waals surface area contributed by atoms with Gasteiger partial charge in [0.05, 0.1) is 5.69 Å². The molecule has 1 fully saturated rings. The van der Waals surface area contributed by atoms with Crippen LogP contribution in [0.25, 0.3) is 0 Å². The Labute approximate surface area is 133 Å². The Kier molecular flexibility index (Phi) is 5.17. The highest BCUT2D eigenvalue weighted by atomic mass is 15.2. The van der Waals surface area contributed by atoms with Crippen LogP contribution in [0.2, 0.25) is 0 Å². The number of rotatable bonds is 5. The summed E-state index contributed by atoms with van der Waals surface area (Å²) < 4.78 is 0. The van der Waals surface area contributed by atoms with Crippen molar-refractivity contribution < 1.29 is 0 Å². The van der Waals surface area contributed by atoms with Gasteiger partial charge in [-0.15, -0.1) is 0 Å². The van der Waals surface area contributed by atoms with Crippen molar-refractivity contribution >= 4 is 0 Å². The van der Waals surface area contributed by atoms with Gasteiger partial charge in [0.25, 0.3) is 0 Å². The lowest BCUT2D eigenvalue weighted by molar-refractivity contribution is 0.130. The molecule has 0 amide bonds. The predicted molar refractivity (Wildman–Crippen MR) is 89.6 cm³/mol. The molecule has 0 radical (unpaired) electrons. The molecular weight excluding hydrogens is 270 g/mol. The van der Waals surface area contributed by atoms with E-state index >= 15 is 0 Å². The average Bonchev–Trinajstić information content (AvgIpc) is 2.55. The van der Waals surface area contributed by atoms with Gasteiger partial charge in [0.15, 0.2) is 0 Å². The zero-order chi connectivity index (χ0) is 15.2. The molecule has 1 aliphatic rings. The first kappa shape index (κ1) is 15.2. The van der Waals surface area contributed by atoms with E-state index in [-0.39, 0.29) is 0 Å². The molecular formula is C19H25N3. The second-order valence-corrected chi connectivity index (χ2v) is 6.25. The van der Waals surface area contributed by atoms with Crippen LogP contribution in [0.1, 0.15) is 42.8 Å². The number of aryl methyl sites for hydroxylation is 2. The third-order valence-corrected chi connectivity index (χ3v) is 4.52. The smallest absolute Gasteiger partial charge is 0.0547 e. The van der Waals surface area contributed by atoms with Crippen molar-refractivity contribution in [2.24, 2.45) is 0 Å². The van der Waals surface area contributed by atoms with Crippen molar-refractivity contribution in [3.8, 4) is 0 Å². The number of piperidine rings is 1. The molecule has 0 aromatic carbocycles. The third kappa shape index (κ3) is 4.14. The van der Waals surface area contributed by atoms with Crippen molar-refractivity contribution in [2.75, 3.05) is 6.54 Å². The molecule has 2 aromatic heterocycles. The van der Waals surface area contributed by atoms with E-state index in [0.29, 0.717) is 6.04 Å². The first-order chi connectivity index (χ1) is 10.8. The number of likely N-dealkylation sites (tertiary alicyclic amines) is 1. The molecule has 0 bridgehead atoms. The minimum Gasteiger partial charge on any atom is -0.295 e. The van der Waals surface area contributed by atoms with E-state index in [2.05, 4.69) is 52.1 Å². The SMILES string of the molecule is Cc1cccc(CN2CCCC[C@@H]2CCc2ccccn2)n1. The van der Waals surface area contributed by atoms with Crippen LogP contribution in [-0.4, -0.2) is 27.5 Å². The second-order valence-electron chi connectivity index (χ2n) is 6.25. The van der Waals surface area contributed by atoms with Crippen molar-refractivity contribution in [2.45, 2.75) is 51.6 Å². The lowest BCUT2D eigenvalue weighted by Crippen LogP contribution is -2.39. The largest absolute Gasteiger partial charge is 0.295 e. The van der Waals surface area contributed by atoms with Gasteiger partial charge in [-0.05, 0) is 63.4 Å². The number of pyridine rings is 2. The maximum Gasteiger partial charge on any atom is 0.0547 e. The van der Waals surface area contributed by atoms with E-state index in [0.717, 1.165) is 18.7 Å². The average molecular weight is 295 g/mol. The van der Waals surface area contributed by atoms with Crippen LogP contribution < -0.4 is 0 Å². The van der Waals surface area contributed by atoms with Crippen LogP contribution in [-0.2, 0) is 13.0 Å². The van der Waals surface area contributed by atoms with Gasteiger partial charge in [-0.3, -0.25) is 14.9 Å². The first-order valence-corrected chi connectivity index (χ1v) is 8.38. The Hall–Kier alpha value is -1.74. The van der Waals surface area contributed by atoms with Crippen LogP contribution in [0, 0.1) is 6.92 Å². The molecule has 0 spiro atoms. The molecule has 116 valence electrons. The molecule has 0 aliphatic carbocycles. The molecule has 0 N–H and O–H groups in total. The maximum atomic E-state index is 4.67. The molecule has 3 heterocycles. The second kappa shape index (κ2) is 7.50. The summed E-state index contributed by atoms with van der Waals surface area (Å²) in [6.45, 7) is 4.25. The normalized spacial score (nSPS) is 19.2. The van der Waals surface area contributed by atoms with Crippen LogP contribution in [0.3, 0.4) is 0 Å². The minimum absolute atomic E-state index is 0.665. The molecule has 1 aliphatic heterocycles. The highest BCUT2D eigenvalue weighted by Crippen LogP contribution is 2.22. The summed E-state index contributed by atoms with van der Waals surface area (Å²) in [5.41, 5.74) is 3.52. The Bertz CT molecular complexity index is 582. The van der Waals surface area contributed by atoms with Crippen molar-refractivity contribution in [3.63, 3.8) is 0 Å². The van der Waals surface area contributed by atoms with Crippen LogP contribution in [0.15, 0.2) is 42.6 Å². The highest BCUT2D eigenvalue weighted by Gasteiger charge is 2.22.